The normalized spacial score (nSPS) is 11.4. The van der Waals surface area contributed by atoms with Crippen molar-refractivity contribution in [1.82, 2.24) is 24.1 Å². The summed E-state index contributed by atoms with van der Waals surface area (Å²) < 4.78 is 14.0. The Labute approximate surface area is 165 Å². The summed E-state index contributed by atoms with van der Waals surface area (Å²) in [5, 5.41) is 4.94. The molecule has 5 aromatic rings. The van der Waals surface area contributed by atoms with E-state index in [9.17, 15) is 4.79 Å². The van der Waals surface area contributed by atoms with E-state index in [0.717, 1.165) is 5.56 Å². The second kappa shape index (κ2) is 6.59. The molecule has 5 rings (SSSR count). The monoisotopic (exact) mass is 387 g/mol. The fraction of sp³-hybridized carbons (Fsp3) is 0.143. The van der Waals surface area contributed by atoms with Gasteiger partial charge in [0.2, 0.25) is 0 Å². The number of methoxy groups -OCH3 is 1. The molecule has 8 heteroatoms. The second-order valence-corrected chi connectivity index (χ2v) is 6.65. The number of nitrogens with zero attached hydrogens (tertiary/aromatic N) is 5. The number of benzene rings is 1. The van der Waals surface area contributed by atoms with Crippen molar-refractivity contribution >= 4 is 16.7 Å². The number of rotatable bonds is 4. The number of pyridine rings is 1. The molecule has 0 aliphatic carbocycles. The van der Waals surface area contributed by atoms with Gasteiger partial charge in [-0.05, 0) is 37.3 Å². The van der Waals surface area contributed by atoms with E-state index in [2.05, 4.69) is 15.1 Å². The molecule has 0 amide bonds. The van der Waals surface area contributed by atoms with Crippen LogP contribution < -0.4 is 10.3 Å². The summed E-state index contributed by atoms with van der Waals surface area (Å²) in [7, 11) is 1.61. The number of hydrogen-bond donors (Lipinski definition) is 0. The maximum absolute atomic E-state index is 13.4. The van der Waals surface area contributed by atoms with E-state index in [1.807, 2.05) is 36.4 Å². The standard InChI is InChI=1S/C21H17N5O3/c1-13-22-21-23-17-8-9-25(12-16-7-4-10-29-16)20(27)18(17)19(26(21)24-13)14-5-3-6-15(11-14)28-2/h3-11H,12H2,1-2H3. The number of fused-ring (bicyclic) bond motifs is 2. The van der Waals surface area contributed by atoms with Crippen LogP contribution in [0.2, 0.25) is 0 Å². The summed E-state index contributed by atoms with van der Waals surface area (Å²) in [6, 6.07) is 13.0. The highest BCUT2D eigenvalue weighted by Crippen LogP contribution is 2.28. The predicted octanol–water partition coefficient (Wildman–Crippen LogP) is 3.06. The molecule has 0 aliphatic rings. The molecule has 0 aliphatic heterocycles. The zero-order valence-electron chi connectivity index (χ0n) is 15.9. The quantitative estimate of drug-likeness (QED) is 0.471. The molecule has 1 aromatic carbocycles. The maximum Gasteiger partial charge on any atom is 0.262 e. The van der Waals surface area contributed by atoms with Crippen molar-refractivity contribution in [1.29, 1.82) is 0 Å². The molecule has 0 spiro atoms. The highest BCUT2D eigenvalue weighted by molar-refractivity contribution is 5.93. The van der Waals surface area contributed by atoms with Gasteiger partial charge in [0.05, 0.1) is 36.5 Å². The first-order valence-electron chi connectivity index (χ1n) is 9.07. The molecule has 0 bridgehead atoms. The zero-order valence-corrected chi connectivity index (χ0v) is 15.9. The Bertz CT molecular complexity index is 1400. The van der Waals surface area contributed by atoms with Gasteiger partial charge >= 0.3 is 0 Å². The molecule has 144 valence electrons. The Kier molecular flexibility index (Phi) is 3.90. The Morgan fingerprint density at radius 2 is 2.03 bits per heavy atom. The van der Waals surface area contributed by atoms with Crippen molar-refractivity contribution in [2.45, 2.75) is 13.5 Å². The van der Waals surface area contributed by atoms with Crippen molar-refractivity contribution in [3.8, 4) is 17.0 Å². The molecule has 8 nitrogen and oxygen atoms in total. The van der Waals surface area contributed by atoms with E-state index in [4.69, 9.17) is 9.15 Å². The Balaban J connectivity index is 1.86. The van der Waals surface area contributed by atoms with E-state index in [1.54, 1.807) is 41.6 Å². The van der Waals surface area contributed by atoms with E-state index >= 15 is 0 Å². The van der Waals surface area contributed by atoms with Gasteiger partial charge in [0.25, 0.3) is 11.3 Å². The third-order valence-corrected chi connectivity index (χ3v) is 4.76. The van der Waals surface area contributed by atoms with E-state index in [0.29, 0.717) is 46.3 Å². The zero-order chi connectivity index (χ0) is 20.0. The minimum atomic E-state index is -0.181. The first-order chi connectivity index (χ1) is 14.1. The van der Waals surface area contributed by atoms with Gasteiger partial charge in [-0.1, -0.05) is 12.1 Å². The lowest BCUT2D eigenvalue weighted by Gasteiger charge is -2.11. The third-order valence-electron chi connectivity index (χ3n) is 4.76. The molecule has 0 unspecified atom stereocenters. The first kappa shape index (κ1) is 17.2. The summed E-state index contributed by atoms with van der Waals surface area (Å²) in [6.07, 6.45) is 3.31. The molecular formula is C21H17N5O3. The molecule has 4 heterocycles. The summed E-state index contributed by atoms with van der Waals surface area (Å²) in [6.45, 7) is 2.12. The highest BCUT2D eigenvalue weighted by Gasteiger charge is 2.18. The molecule has 4 aromatic heterocycles. The Morgan fingerprint density at radius 3 is 2.83 bits per heavy atom. The molecule has 0 saturated carbocycles. The summed E-state index contributed by atoms with van der Waals surface area (Å²) in [4.78, 5) is 22.4. The van der Waals surface area contributed by atoms with Crippen molar-refractivity contribution < 1.29 is 9.15 Å². The first-order valence-corrected chi connectivity index (χ1v) is 9.07. The van der Waals surface area contributed by atoms with Gasteiger partial charge in [-0.25, -0.2) is 4.98 Å². The predicted molar refractivity (Wildman–Crippen MR) is 107 cm³/mol. The van der Waals surface area contributed by atoms with Gasteiger partial charge in [0.1, 0.15) is 17.3 Å². The van der Waals surface area contributed by atoms with E-state index in [1.165, 1.54) is 0 Å². The lowest BCUT2D eigenvalue weighted by atomic mass is 10.1. The Morgan fingerprint density at radius 1 is 1.14 bits per heavy atom. The van der Waals surface area contributed by atoms with Crippen LogP contribution >= 0.6 is 0 Å². The van der Waals surface area contributed by atoms with Gasteiger partial charge < -0.3 is 13.7 Å². The molecule has 29 heavy (non-hydrogen) atoms. The summed E-state index contributed by atoms with van der Waals surface area (Å²) >= 11 is 0. The number of aromatic nitrogens is 5. The average Bonchev–Trinajstić information content (AvgIpc) is 3.37. The van der Waals surface area contributed by atoms with Gasteiger partial charge in [-0.3, -0.25) is 4.79 Å². The van der Waals surface area contributed by atoms with Crippen LogP contribution in [0.5, 0.6) is 5.75 Å². The van der Waals surface area contributed by atoms with Crippen molar-refractivity contribution in [3.63, 3.8) is 0 Å². The van der Waals surface area contributed by atoms with Gasteiger partial charge in [-0.15, -0.1) is 5.10 Å². The van der Waals surface area contributed by atoms with Crippen LogP contribution in [-0.2, 0) is 6.54 Å². The number of aryl methyl sites for hydroxylation is 1. The average molecular weight is 387 g/mol. The van der Waals surface area contributed by atoms with Crippen LogP contribution in [-0.4, -0.2) is 31.3 Å². The van der Waals surface area contributed by atoms with E-state index < -0.39 is 0 Å². The van der Waals surface area contributed by atoms with Crippen LogP contribution in [0.1, 0.15) is 11.6 Å². The van der Waals surface area contributed by atoms with Gasteiger partial charge in [0.15, 0.2) is 0 Å². The largest absolute Gasteiger partial charge is 0.497 e. The molecular weight excluding hydrogens is 370 g/mol. The lowest BCUT2D eigenvalue weighted by molar-refractivity contribution is 0.415. The van der Waals surface area contributed by atoms with Crippen molar-refractivity contribution in [2.24, 2.45) is 0 Å². The SMILES string of the molecule is COc1cccc(-c2c3c(=O)n(Cc4ccco4)ccc3nc3nc(C)nn23)c1. The van der Waals surface area contributed by atoms with Crippen LogP contribution in [0, 0.1) is 6.92 Å². The number of hydrogen-bond acceptors (Lipinski definition) is 6. The van der Waals surface area contributed by atoms with Gasteiger partial charge in [0, 0.05) is 11.8 Å². The topological polar surface area (TPSA) is 87.5 Å². The maximum atomic E-state index is 13.4. The van der Waals surface area contributed by atoms with Crippen molar-refractivity contribution in [2.75, 3.05) is 7.11 Å². The van der Waals surface area contributed by atoms with Crippen molar-refractivity contribution in [3.05, 3.63) is 76.9 Å². The number of ether oxygens (including phenoxy) is 1. The molecule has 0 N–H and O–H groups in total. The molecule has 0 fully saturated rings. The van der Waals surface area contributed by atoms with Gasteiger partial charge in [-0.2, -0.15) is 9.50 Å². The summed E-state index contributed by atoms with van der Waals surface area (Å²) in [5.41, 5.74) is 1.80. The highest BCUT2D eigenvalue weighted by atomic mass is 16.5. The number of furan rings is 1. The fourth-order valence-electron chi connectivity index (χ4n) is 3.45. The molecule has 0 saturated heterocycles. The smallest absolute Gasteiger partial charge is 0.262 e. The summed E-state index contributed by atoms with van der Waals surface area (Å²) in [5.74, 6) is 2.40. The third kappa shape index (κ3) is 2.85. The van der Waals surface area contributed by atoms with Crippen LogP contribution in [0.3, 0.4) is 0 Å². The van der Waals surface area contributed by atoms with E-state index in [-0.39, 0.29) is 5.56 Å². The minimum absolute atomic E-state index is 0.181. The lowest BCUT2D eigenvalue weighted by Crippen LogP contribution is -2.21. The van der Waals surface area contributed by atoms with Crippen LogP contribution in [0.25, 0.3) is 27.9 Å². The molecule has 0 atom stereocenters. The minimum Gasteiger partial charge on any atom is -0.497 e. The van der Waals surface area contributed by atoms with Crippen LogP contribution in [0.4, 0.5) is 0 Å². The molecule has 0 radical (unpaired) electrons. The fourth-order valence-corrected chi connectivity index (χ4v) is 3.45. The second-order valence-electron chi connectivity index (χ2n) is 6.65. The van der Waals surface area contributed by atoms with Crippen LogP contribution in [0.15, 0.2) is 64.1 Å². The Hall–Kier alpha value is -3.94.